The van der Waals surface area contributed by atoms with Gasteiger partial charge in [-0.1, -0.05) is 13.8 Å². The van der Waals surface area contributed by atoms with Gasteiger partial charge in [-0.15, -0.1) is 0 Å². The van der Waals surface area contributed by atoms with E-state index in [-0.39, 0.29) is 24.1 Å². The maximum atomic E-state index is 10.1. The molecular formula is C10H18BN3O2+. The van der Waals surface area contributed by atoms with Crippen molar-refractivity contribution in [1.29, 1.82) is 5.53 Å². The second-order valence-corrected chi connectivity index (χ2v) is 5.35. The van der Waals surface area contributed by atoms with E-state index in [0.29, 0.717) is 11.8 Å². The fraction of sp³-hybridized carbons (Fsp3) is 1.00. The van der Waals surface area contributed by atoms with Crippen LogP contribution in [0.5, 0.6) is 0 Å². The topological polar surface area (TPSA) is 79.8 Å². The van der Waals surface area contributed by atoms with Crippen molar-refractivity contribution in [2.75, 3.05) is 6.44 Å². The number of nitrogens with one attached hydrogen (secondary N) is 1. The molecular weight excluding hydrogens is 205 g/mol. The van der Waals surface area contributed by atoms with Crippen LogP contribution in [-0.4, -0.2) is 31.2 Å². The Morgan fingerprint density at radius 2 is 2.31 bits per heavy atom. The molecule has 3 aliphatic carbocycles. The number of hydrogen-bond acceptors (Lipinski definition) is 4. The first-order valence-electron chi connectivity index (χ1n) is 5.75. The number of rotatable bonds is 4. The Hall–Kier alpha value is -0.705. The van der Waals surface area contributed by atoms with E-state index in [9.17, 15) is 5.11 Å². The molecule has 0 aromatic rings. The van der Waals surface area contributed by atoms with Gasteiger partial charge in [-0.2, -0.15) is 0 Å². The Balaban J connectivity index is 1.83. The molecule has 16 heavy (non-hydrogen) atoms. The first-order chi connectivity index (χ1) is 7.57. The first-order valence-corrected chi connectivity index (χ1v) is 5.75. The summed E-state index contributed by atoms with van der Waals surface area (Å²) in [7, 11) is 1.53. The lowest BCUT2D eigenvalue weighted by Gasteiger charge is -2.60. The van der Waals surface area contributed by atoms with E-state index in [0.717, 1.165) is 12.8 Å². The van der Waals surface area contributed by atoms with Crippen molar-refractivity contribution in [2.24, 2.45) is 22.4 Å². The van der Waals surface area contributed by atoms with Crippen LogP contribution in [0.2, 0.25) is 0 Å². The first kappa shape index (κ1) is 11.8. The molecule has 6 heteroatoms. The molecule has 0 saturated heterocycles. The van der Waals surface area contributed by atoms with Crippen LogP contribution in [0.4, 0.5) is 0 Å². The quantitative estimate of drug-likeness (QED) is 0.321. The van der Waals surface area contributed by atoms with Crippen LogP contribution in [0.3, 0.4) is 0 Å². The maximum Gasteiger partial charge on any atom is 0.324 e. The number of aliphatic hydroxyl groups excluding tert-OH is 1. The van der Waals surface area contributed by atoms with Gasteiger partial charge >= 0.3 is 7.48 Å². The van der Waals surface area contributed by atoms with Gasteiger partial charge in [-0.25, -0.2) is 0 Å². The Bertz CT molecular complexity index is 317. The van der Waals surface area contributed by atoms with Crippen molar-refractivity contribution in [1.82, 2.24) is 4.91 Å². The van der Waals surface area contributed by atoms with Gasteiger partial charge < -0.3 is 9.76 Å². The van der Waals surface area contributed by atoms with E-state index in [4.69, 9.17) is 10.2 Å². The molecule has 0 aromatic carbocycles. The minimum Gasteiger partial charge on any atom is -0.433 e. The van der Waals surface area contributed by atoms with Crippen LogP contribution >= 0.6 is 0 Å². The molecule has 2 bridgehead atoms. The molecule has 87 valence electrons. The van der Waals surface area contributed by atoms with Crippen molar-refractivity contribution in [2.45, 2.75) is 38.9 Å². The zero-order chi connectivity index (χ0) is 11.8. The van der Waals surface area contributed by atoms with E-state index < -0.39 is 0 Å². The van der Waals surface area contributed by atoms with Crippen LogP contribution in [0.15, 0.2) is 5.11 Å². The molecule has 3 fully saturated rings. The molecule has 0 spiro atoms. The Labute approximate surface area is 96.1 Å². The molecule has 4 unspecified atom stereocenters. The monoisotopic (exact) mass is 223 g/mol. The van der Waals surface area contributed by atoms with Gasteiger partial charge in [0.05, 0.1) is 12.2 Å². The number of fused-ring (bicyclic) bond motifs is 2. The fourth-order valence-electron chi connectivity index (χ4n) is 3.09. The van der Waals surface area contributed by atoms with Crippen LogP contribution in [0, 0.1) is 22.8 Å². The third kappa shape index (κ3) is 1.81. The highest BCUT2D eigenvalue weighted by atomic mass is 16.5. The number of aliphatic hydroxyl groups is 1. The van der Waals surface area contributed by atoms with Crippen molar-refractivity contribution in [3.8, 4) is 0 Å². The van der Waals surface area contributed by atoms with Crippen LogP contribution < -0.4 is 4.91 Å². The molecule has 3 rings (SSSR count). The third-order valence-corrected chi connectivity index (χ3v) is 4.35. The van der Waals surface area contributed by atoms with Crippen molar-refractivity contribution < 1.29 is 9.76 Å². The molecule has 0 amide bonds. The molecule has 0 heterocycles. The van der Waals surface area contributed by atoms with Gasteiger partial charge in [0.1, 0.15) is 17.1 Å². The van der Waals surface area contributed by atoms with Crippen molar-refractivity contribution in [3.05, 3.63) is 0 Å². The minimum atomic E-state index is -0.371. The molecule has 4 atom stereocenters. The Morgan fingerprint density at radius 3 is 2.88 bits per heavy atom. The molecule has 0 aliphatic heterocycles. The Kier molecular flexibility index (Phi) is 3.15. The predicted molar refractivity (Wildman–Crippen MR) is 58.8 cm³/mol. The van der Waals surface area contributed by atoms with Crippen molar-refractivity contribution in [3.63, 3.8) is 0 Å². The average Bonchev–Trinajstić information content (AvgIpc) is 2.25. The molecule has 2 N–H and O–H groups in total. The zero-order valence-corrected chi connectivity index (χ0v) is 9.76. The number of hydrogen-bond donors (Lipinski definition) is 2. The average molecular weight is 223 g/mol. The summed E-state index contributed by atoms with van der Waals surface area (Å²) in [4.78, 5) is 2.89. The summed E-state index contributed by atoms with van der Waals surface area (Å²) in [6.45, 7) is 4.45. The Morgan fingerprint density at radius 1 is 1.56 bits per heavy atom. The van der Waals surface area contributed by atoms with E-state index in [1.165, 1.54) is 7.48 Å². The summed E-state index contributed by atoms with van der Waals surface area (Å²) in [5.41, 5.74) is 6.75. The summed E-state index contributed by atoms with van der Waals surface area (Å²) >= 11 is 0. The summed E-state index contributed by atoms with van der Waals surface area (Å²) in [5, 5.41) is 13.6. The van der Waals surface area contributed by atoms with E-state index in [1.807, 2.05) is 0 Å². The highest BCUT2D eigenvalue weighted by Gasteiger charge is 2.57. The smallest absolute Gasteiger partial charge is 0.324 e. The highest BCUT2D eigenvalue weighted by molar-refractivity contribution is 6.27. The van der Waals surface area contributed by atoms with E-state index in [2.05, 4.69) is 23.9 Å². The molecule has 3 saturated carbocycles. The summed E-state index contributed by atoms with van der Waals surface area (Å²) in [6.07, 6.45) is 1.85. The zero-order valence-electron chi connectivity index (χ0n) is 9.76. The largest absolute Gasteiger partial charge is 0.433 e. The van der Waals surface area contributed by atoms with Gasteiger partial charge in [0.2, 0.25) is 4.91 Å². The summed E-state index contributed by atoms with van der Waals surface area (Å²) in [6, 6.07) is 0. The third-order valence-electron chi connectivity index (χ3n) is 4.35. The number of nitrogens with zero attached hydrogens (tertiary/aromatic N) is 2. The van der Waals surface area contributed by atoms with Gasteiger partial charge in [0, 0.05) is 0 Å². The highest BCUT2D eigenvalue weighted by Crippen LogP contribution is 2.59. The second-order valence-electron chi connectivity index (χ2n) is 5.35. The molecule has 3 aliphatic rings. The van der Waals surface area contributed by atoms with Gasteiger partial charge in [0.15, 0.2) is 0 Å². The van der Waals surface area contributed by atoms with Crippen LogP contribution in [0.25, 0.3) is 0 Å². The predicted octanol–water partition coefficient (Wildman–Crippen LogP) is 0.926. The lowest BCUT2D eigenvalue weighted by Crippen LogP contribution is -2.61. The molecule has 1 radical (unpaired) electrons. The van der Waals surface area contributed by atoms with E-state index in [1.54, 1.807) is 0 Å². The van der Waals surface area contributed by atoms with Crippen LogP contribution in [0.1, 0.15) is 26.7 Å². The van der Waals surface area contributed by atoms with Gasteiger partial charge in [-0.3, -0.25) is 0 Å². The van der Waals surface area contributed by atoms with Crippen LogP contribution in [-0.2, 0) is 4.65 Å². The van der Waals surface area contributed by atoms with Gasteiger partial charge in [0.25, 0.3) is 0 Å². The standard InChI is InChI=1S/C10H18BN3O2/c1-10(2)6-3-7(10)9(15)8(4-6)16-11-5-13-14-12/h6-9,12,15H,3-5H2,1-2H3/q+1. The van der Waals surface area contributed by atoms with Gasteiger partial charge in [-0.05, 0) is 30.1 Å². The second kappa shape index (κ2) is 4.28. The maximum absolute atomic E-state index is 10.1. The van der Waals surface area contributed by atoms with Crippen molar-refractivity contribution >= 4 is 7.48 Å². The lowest BCUT2D eigenvalue weighted by atomic mass is 9.47. The normalized spacial score (nSPS) is 39.4. The molecule has 0 aromatic heterocycles. The fourth-order valence-corrected chi connectivity index (χ4v) is 3.09. The van der Waals surface area contributed by atoms with E-state index >= 15 is 0 Å². The lowest BCUT2D eigenvalue weighted by molar-refractivity contribution is -0.185. The molecule has 5 nitrogen and oxygen atoms in total. The SMILES string of the molecule is CC1(C)C2CC(O[B]CN=[N+]=N)C(O)C1C2. The summed E-state index contributed by atoms with van der Waals surface area (Å²) < 4.78 is 5.48. The summed E-state index contributed by atoms with van der Waals surface area (Å²) in [5.74, 6) is 1.03. The minimum absolute atomic E-state index is 0.0993.